The maximum atomic E-state index is 11.4. The van der Waals surface area contributed by atoms with E-state index in [1.54, 1.807) is 6.92 Å². The first-order valence-corrected chi connectivity index (χ1v) is 4.57. The first kappa shape index (κ1) is 12.1. The number of hydrogen-bond acceptors (Lipinski definition) is 5. The van der Waals surface area contributed by atoms with E-state index in [4.69, 9.17) is 0 Å². The molecule has 16 heavy (non-hydrogen) atoms. The van der Waals surface area contributed by atoms with Gasteiger partial charge in [0.15, 0.2) is 0 Å². The van der Waals surface area contributed by atoms with E-state index in [1.807, 2.05) is 0 Å². The third kappa shape index (κ3) is 2.16. The lowest BCUT2D eigenvalue weighted by molar-refractivity contribution is -0.506. The number of hydrogen-bond donors (Lipinski definition) is 0. The smallest absolute Gasteiger partial charge is 0.345 e. The van der Waals surface area contributed by atoms with Crippen molar-refractivity contribution in [2.75, 3.05) is 14.2 Å². The fourth-order valence-electron chi connectivity index (χ4n) is 1.28. The van der Waals surface area contributed by atoms with Gasteiger partial charge >= 0.3 is 11.9 Å². The SMILES string of the molecule is COC(=O)C1=CC(C)[N+](=O)C=C1C(=O)OC. The third-order valence-electron chi connectivity index (χ3n) is 2.17. The predicted molar refractivity (Wildman–Crippen MR) is 53.3 cm³/mol. The molecule has 86 valence electrons. The highest BCUT2D eigenvalue weighted by Crippen LogP contribution is 2.20. The fraction of sp³-hybridized carbons (Fsp3) is 0.400. The third-order valence-corrected chi connectivity index (χ3v) is 2.17. The Bertz CT molecular complexity index is 407. The van der Waals surface area contributed by atoms with E-state index in [2.05, 4.69) is 9.47 Å². The van der Waals surface area contributed by atoms with Crippen molar-refractivity contribution in [1.29, 1.82) is 0 Å². The minimum atomic E-state index is -0.746. The molecular formula is C10H12NO5+. The summed E-state index contributed by atoms with van der Waals surface area (Å²) in [5.74, 6) is -1.42. The van der Waals surface area contributed by atoms with E-state index < -0.39 is 18.0 Å². The van der Waals surface area contributed by atoms with Gasteiger partial charge in [0.2, 0.25) is 12.2 Å². The molecule has 1 unspecified atom stereocenters. The van der Waals surface area contributed by atoms with Crippen LogP contribution in [0.1, 0.15) is 6.92 Å². The van der Waals surface area contributed by atoms with E-state index in [9.17, 15) is 14.5 Å². The Morgan fingerprint density at radius 3 is 2.19 bits per heavy atom. The van der Waals surface area contributed by atoms with Gasteiger partial charge in [-0.2, -0.15) is 0 Å². The number of ether oxygens (including phenoxy) is 2. The normalized spacial score (nSPS) is 19.7. The molecule has 0 aliphatic carbocycles. The molecular weight excluding hydrogens is 214 g/mol. The van der Waals surface area contributed by atoms with Crippen LogP contribution in [-0.2, 0) is 19.1 Å². The average molecular weight is 226 g/mol. The number of carbonyl (C=O) groups excluding carboxylic acids is 2. The Morgan fingerprint density at radius 2 is 1.69 bits per heavy atom. The van der Waals surface area contributed by atoms with E-state index in [0.29, 0.717) is 4.76 Å². The van der Waals surface area contributed by atoms with Crippen molar-refractivity contribution in [2.45, 2.75) is 13.0 Å². The van der Waals surface area contributed by atoms with Gasteiger partial charge in [-0.3, -0.25) is 0 Å². The number of nitrogens with zero attached hydrogens (tertiary/aromatic N) is 1. The van der Waals surface area contributed by atoms with Crippen molar-refractivity contribution in [2.24, 2.45) is 0 Å². The van der Waals surface area contributed by atoms with Gasteiger partial charge < -0.3 is 9.47 Å². The zero-order valence-electron chi connectivity index (χ0n) is 9.22. The van der Waals surface area contributed by atoms with Gasteiger partial charge in [-0.15, -0.1) is 0 Å². The molecule has 0 radical (unpaired) electrons. The first-order chi connectivity index (χ1) is 7.51. The Kier molecular flexibility index (Phi) is 3.55. The lowest BCUT2D eigenvalue weighted by Gasteiger charge is -2.10. The molecule has 1 rings (SSSR count). The van der Waals surface area contributed by atoms with Gasteiger partial charge in [-0.25, -0.2) is 9.59 Å². The van der Waals surface area contributed by atoms with Crippen LogP contribution < -0.4 is 0 Å². The zero-order chi connectivity index (χ0) is 12.3. The average Bonchev–Trinajstić information content (AvgIpc) is 2.30. The van der Waals surface area contributed by atoms with Crippen LogP contribution in [0.25, 0.3) is 0 Å². The molecule has 1 atom stereocenters. The Labute approximate surface area is 92.1 Å². The van der Waals surface area contributed by atoms with Gasteiger partial charge in [-0.05, 0) is 0 Å². The highest BCUT2D eigenvalue weighted by molar-refractivity contribution is 6.06. The summed E-state index contributed by atoms with van der Waals surface area (Å²) in [4.78, 5) is 34.1. The summed E-state index contributed by atoms with van der Waals surface area (Å²) in [6.45, 7) is 1.60. The van der Waals surface area contributed by atoms with E-state index in [1.165, 1.54) is 20.3 Å². The maximum Gasteiger partial charge on any atom is 0.345 e. The lowest BCUT2D eigenvalue weighted by Crippen LogP contribution is -2.26. The summed E-state index contributed by atoms with van der Waals surface area (Å²) in [6.07, 6.45) is 2.40. The molecule has 1 aliphatic heterocycles. The summed E-state index contributed by atoms with van der Waals surface area (Å²) >= 11 is 0. The molecule has 6 nitrogen and oxygen atoms in total. The summed E-state index contributed by atoms with van der Waals surface area (Å²) in [5, 5.41) is 0. The van der Waals surface area contributed by atoms with Crippen LogP contribution in [-0.4, -0.2) is 37.0 Å². The molecule has 0 saturated carbocycles. The molecule has 0 spiro atoms. The van der Waals surface area contributed by atoms with Crippen molar-refractivity contribution >= 4 is 11.9 Å². The van der Waals surface area contributed by atoms with E-state index in [-0.39, 0.29) is 11.1 Å². The van der Waals surface area contributed by atoms with Gasteiger partial charge in [-0.1, -0.05) is 0 Å². The van der Waals surface area contributed by atoms with E-state index >= 15 is 0 Å². The largest absolute Gasteiger partial charge is 0.465 e. The number of carbonyl (C=O) groups is 2. The second-order valence-electron chi connectivity index (χ2n) is 3.21. The minimum Gasteiger partial charge on any atom is -0.465 e. The molecule has 6 heteroatoms. The summed E-state index contributed by atoms with van der Waals surface area (Å²) in [5.41, 5.74) is -0.0450. The van der Waals surface area contributed by atoms with Crippen LogP contribution in [0.15, 0.2) is 23.4 Å². The van der Waals surface area contributed by atoms with Gasteiger partial charge in [0.25, 0.3) is 0 Å². The molecule has 1 aliphatic rings. The molecule has 0 bridgehead atoms. The molecule has 0 aromatic rings. The number of nitroso groups, excluding NO2 is 1. The zero-order valence-corrected chi connectivity index (χ0v) is 9.22. The van der Waals surface area contributed by atoms with Crippen LogP contribution in [0.2, 0.25) is 0 Å². The monoisotopic (exact) mass is 226 g/mol. The van der Waals surface area contributed by atoms with Crippen molar-refractivity contribution in [3.05, 3.63) is 28.3 Å². The van der Waals surface area contributed by atoms with Crippen LogP contribution in [0, 0.1) is 4.91 Å². The lowest BCUT2D eigenvalue weighted by atomic mass is 10.0. The van der Waals surface area contributed by atoms with Crippen LogP contribution in [0.4, 0.5) is 0 Å². The van der Waals surface area contributed by atoms with Crippen molar-refractivity contribution < 1.29 is 23.8 Å². The molecule has 0 N–H and O–H groups in total. The summed E-state index contributed by atoms with van der Waals surface area (Å²) in [7, 11) is 2.37. The Balaban J connectivity index is 3.16. The molecule has 0 aromatic heterocycles. The van der Waals surface area contributed by atoms with Gasteiger partial charge in [0.05, 0.1) is 19.8 Å². The summed E-state index contributed by atoms with van der Waals surface area (Å²) in [6, 6.07) is -0.525. The second-order valence-corrected chi connectivity index (χ2v) is 3.21. The first-order valence-electron chi connectivity index (χ1n) is 4.57. The Morgan fingerprint density at radius 1 is 1.19 bits per heavy atom. The van der Waals surface area contributed by atoms with E-state index in [0.717, 1.165) is 6.20 Å². The fourth-order valence-corrected chi connectivity index (χ4v) is 1.28. The Hall–Kier alpha value is -1.98. The van der Waals surface area contributed by atoms with Crippen molar-refractivity contribution in [1.82, 2.24) is 0 Å². The molecule has 0 amide bonds. The van der Waals surface area contributed by atoms with Crippen LogP contribution in [0.3, 0.4) is 0 Å². The second kappa shape index (κ2) is 4.69. The standard InChI is InChI=1S/C10H12NO5/c1-6-4-7(9(12)15-2)8(5-11(6)14)10(13)16-3/h4-6H,1-3H3/q+1. The molecule has 0 aromatic carbocycles. The number of esters is 2. The molecule has 0 fully saturated rings. The molecule has 0 saturated heterocycles. The quantitative estimate of drug-likeness (QED) is 0.501. The van der Waals surface area contributed by atoms with Gasteiger partial charge in [0.1, 0.15) is 5.57 Å². The maximum absolute atomic E-state index is 11.4. The van der Waals surface area contributed by atoms with Crippen LogP contribution in [0.5, 0.6) is 0 Å². The van der Waals surface area contributed by atoms with Crippen molar-refractivity contribution in [3.63, 3.8) is 0 Å². The number of rotatable bonds is 2. The highest BCUT2D eigenvalue weighted by atomic mass is 16.5. The minimum absolute atomic E-state index is 0.0500. The summed E-state index contributed by atoms with van der Waals surface area (Å²) < 4.78 is 9.57. The topological polar surface area (TPSA) is 72.7 Å². The molecule has 1 heterocycles. The van der Waals surface area contributed by atoms with Crippen molar-refractivity contribution in [3.8, 4) is 0 Å². The van der Waals surface area contributed by atoms with Gasteiger partial charge in [0, 0.05) is 22.7 Å². The predicted octanol–water partition coefficient (Wildman–Crippen LogP) is 0.324. The highest BCUT2D eigenvalue weighted by Gasteiger charge is 2.34. The van der Waals surface area contributed by atoms with Crippen LogP contribution >= 0.6 is 0 Å². The number of methoxy groups -OCH3 is 2.